The molecule has 1 aliphatic carbocycles. The molecule has 0 aromatic heterocycles. The highest BCUT2D eigenvalue weighted by Crippen LogP contribution is 2.27. The molecule has 0 bridgehead atoms. The normalized spacial score (nSPS) is 18.9. The molecule has 0 N–H and O–H groups in total. The van der Waals surface area contributed by atoms with Gasteiger partial charge in [-0.25, -0.2) is 21.2 Å². The van der Waals surface area contributed by atoms with Gasteiger partial charge in [0.2, 0.25) is 20.0 Å². The summed E-state index contributed by atoms with van der Waals surface area (Å²) in [6.45, 7) is 0.188. The van der Waals surface area contributed by atoms with Crippen LogP contribution >= 0.6 is 0 Å². The number of halogens is 1. The van der Waals surface area contributed by atoms with Gasteiger partial charge in [-0.05, 0) is 60.7 Å². The highest BCUT2D eigenvalue weighted by molar-refractivity contribution is 7.89. The van der Waals surface area contributed by atoms with E-state index in [9.17, 15) is 21.2 Å². The lowest BCUT2D eigenvalue weighted by atomic mass is 10.1. The van der Waals surface area contributed by atoms with E-state index in [-0.39, 0.29) is 36.0 Å². The molecule has 1 heterocycles. The molecule has 0 amide bonds. The lowest BCUT2D eigenvalue weighted by Gasteiger charge is -2.33. The molecule has 4 rings (SSSR count). The van der Waals surface area contributed by atoms with Gasteiger partial charge in [-0.3, -0.25) is 0 Å². The van der Waals surface area contributed by atoms with Gasteiger partial charge in [0.15, 0.2) is 0 Å². The average molecular weight is 425 g/mol. The van der Waals surface area contributed by atoms with Crippen molar-refractivity contribution in [2.24, 2.45) is 0 Å². The van der Waals surface area contributed by atoms with Crippen LogP contribution < -0.4 is 0 Å². The molecule has 0 unspecified atom stereocenters. The van der Waals surface area contributed by atoms with Crippen LogP contribution in [0.1, 0.15) is 17.5 Å². The summed E-state index contributed by atoms with van der Waals surface area (Å²) in [6, 6.07) is 10.1. The molecule has 2 aromatic carbocycles. The minimum Gasteiger partial charge on any atom is -0.207 e. The van der Waals surface area contributed by atoms with Crippen molar-refractivity contribution in [3.63, 3.8) is 0 Å². The minimum atomic E-state index is -3.85. The quantitative estimate of drug-likeness (QED) is 0.753. The van der Waals surface area contributed by atoms with Crippen LogP contribution in [0.15, 0.2) is 52.3 Å². The fourth-order valence-electron chi connectivity index (χ4n) is 3.78. The van der Waals surface area contributed by atoms with Crippen molar-refractivity contribution in [3.8, 4) is 0 Å². The zero-order valence-corrected chi connectivity index (χ0v) is 16.8. The molecule has 0 atom stereocenters. The van der Waals surface area contributed by atoms with Crippen LogP contribution in [0.2, 0.25) is 0 Å². The zero-order valence-electron chi connectivity index (χ0n) is 15.2. The standard InChI is InChI=1S/C19H21FN2O4S2/c20-17-5-2-6-18(14-17)27(23,24)21-9-11-22(12-10-21)28(25,26)19-8-7-15-3-1-4-16(15)13-19/h2,5-8,13-14H,1,3-4,9-12H2. The first-order chi connectivity index (χ1) is 13.3. The number of hydrogen-bond donors (Lipinski definition) is 0. The van der Waals surface area contributed by atoms with Gasteiger partial charge in [-0.2, -0.15) is 8.61 Å². The first kappa shape index (κ1) is 19.5. The summed E-state index contributed by atoms with van der Waals surface area (Å²) in [4.78, 5) is 0.136. The second-order valence-electron chi connectivity index (χ2n) is 7.05. The van der Waals surface area contributed by atoms with E-state index in [2.05, 4.69) is 0 Å². The van der Waals surface area contributed by atoms with Crippen LogP contribution in [-0.4, -0.2) is 51.6 Å². The van der Waals surface area contributed by atoms with E-state index in [1.54, 1.807) is 12.1 Å². The monoisotopic (exact) mass is 424 g/mol. The lowest BCUT2D eigenvalue weighted by molar-refractivity contribution is 0.272. The molecule has 1 aliphatic heterocycles. The molecule has 6 nitrogen and oxygen atoms in total. The number of rotatable bonds is 4. The predicted octanol–water partition coefficient (Wildman–Crippen LogP) is 2.01. The van der Waals surface area contributed by atoms with Crippen LogP contribution in [0.4, 0.5) is 4.39 Å². The zero-order chi connectivity index (χ0) is 19.9. The Morgan fingerprint density at radius 2 is 1.29 bits per heavy atom. The summed E-state index contributed by atoms with van der Waals surface area (Å²) < 4.78 is 67.2. The van der Waals surface area contributed by atoms with Crippen molar-refractivity contribution in [2.45, 2.75) is 29.1 Å². The maximum Gasteiger partial charge on any atom is 0.243 e. The summed E-state index contributed by atoms with van der Waals surface area (Å²) in [7, 11) is -7.53. The van der Waals surface area contributed by atoms with Crippen molar-refractivity contribution in [2.75, 3.05) is 26.2 Å². The summed E-state index contributed by atoms with van der Waals surface area (Å²) in [5, 5.41) is 0. The number of fused-ring (bicyclic) bond motifs is 1. The van der Waals surface area contributed by atoms with Gasteiger partial charge in [0.1, 0.15) is 5.82 Å². The number of benzene rings is 2. The third kappa shape index (κ3) is 3.47. The fraction of sp³-hybridized carbons (Fsp3) is 0.368. The van der Waals surface area contributed by atoms with Crippen molar-refractivity contribution in [3.05, 3.63) is 59.4 Å². The summed E-state index contributed by atoms with van der Waals surface area (Å²) in [6.07, 6.45) is 2.90. The first-order valence-electron chi connectivity index (χ1n) is 9.16. The van der Waals surface area contributed by atoms with Crippen molar-refractivity contribution in [1.29, 1.82) is 0 Å². The maximum absolute atomic E-state index is 13.4. The van der Waals surface area contributed by atoms with E-state index < -0.39 is 25.9 Å². The van der Waals surface area contributed by atoms with Gasteiger partial charge >= 0.3 is 0 Å². The van der Waals surface area contributed by atoms with Gasteiger partial charge in [0.25, 0.3) is 0 Å². The second-order valence-corrected chi connectivity index (χ2v) is 10.9. The van der Waals surface area contributed by atoms with Gasteiger partial charge in [-0.15, -0.1) is 0 Å². The summed E-state index contributed by atoms with van der Waals surface area (Å²) in [5.41, 5.74) is 2.28. The van der Waals surface area contributed by atoms with Gasteiger partial charge in [0.05, 0.1) is 9.79 Å². The molecular formula is C19H21FN2O4S2. The van der Waals surface area contributed by atoms with Crippen molar-refractivity contribution >= 4 is 20.0 Å². The van der Waals surface area contributed by atoms with Crippen LogP contribution in [0.5, 0.6) is 0 Å². The number of sulfonamides is 2. The third-order valence-electron chi connectivity index (χ3n) is 5.34. The second kappa shape index (κ2) is 7.22. The average Bonchev–Trinajstić information content (AvgIpc) is 3.16. The van der Waals surface area contributed by atoms with Crippen LogP contribution in [0.25, 0.3) is 0 Å². The Hall–Kier alpha value is -1.81. The first-order valence-corrected chi connectivity index (χ1v) is 12.0. The van der Waals surface area contributed by atoms with E-state index in [1.807, 2.05) is 6.07 Å². The van der Waals surface area contributed by atoms with Crippen LogP contribution in [0, 0.1) is 5.82 Å². The van der Waals surface area contributed by atoms with E-state index in [1.165, 1.54) is 32.4 Å². The van der Waals surface area contributed by atoms with Crippen LogP contribution in [0.3, 0.4) is 0 Å². The molecule has 150 valence electrons. The number of nitrogens with zero attached hydrogens (tertiary/aromatic N) is 2. The van der Waals surface area contributed by atoms with E-state index >= 15 is 0 Å². The number of piperazine rings is 1. The highest BCUT2D eigenvalue weighted by atomic mass is 32.2. The Balaban J connectivity index is 1.51. The molecule has 1 saturated heterocycles. The molecule has 1 fully saturated rings. The smallest absolute Gasteiger partial charge is 0.207 e. The van der Waals surface area contributed by atoms with Gasteiger partial charge in [-0.1, -0.05) is 12.1 Å². The summed E-state index contributed by atoms with van der Waals surface area (Å²) >= 11 is 0. The van der Waals surface area contributed by atoms with Crippen molar-refractivity contribution < 1.29 is 21.2 Å². The Kier molecular flexibility index (Phi) is 5.03. The molecule has 0 radical (unpaired) electrons. The SMILES string of the molecule is O=S(=O)(c1cccc(F)c1)N1CCN(S(=O)(=O)c2ccc3c(c2)CCC3)CC1. The van der Waals surface area contributed by atoms with E-state index in [0.29, 0.717) is 0 Å². The molecule has 2 aromatic rings. The van der Waals surface area contributed by atoms with Gasteiger partial charge in [0, 0.05) is 26.2 Å². The Morgan fingerprint density at radius 3 is 1.89 bits per heavy atom. The molecule has 28 heavy (non-hydrogen) atoms. The molecule has 2 aliphatic rings. The topological polar surface area (TPSA) is 74.8 Å². The van der Waals surface area contributed by atoms with E-state index in [0.717, 1.165) is 30.9 Å². The van der Waals surface area contributed by atoms with E-state index in [4.69, 9.17) is 0 Å². The Labute approximate surface area is 164 Å². The van der Waals surface area contributed by atoms with Crippen molar-refractivity contribution in [1.82, 2.24) is 8.61 Å². The fourth-order valence-corrected chi connectivity index (χ4v) is 6.71. The Morgan fingerprint density at radius 1 is 0.714 bits per heavy atom. The third-order valence-corrected chi connectivity index (χ3v) is 9.13. The lowest BCUT2D eigenvalue weighted by Crippen LogP contribution is -2.50. The molecule has 0 saturated carbocycles. The molecule has 9 heteroatoms. The summed E-state index contributed by atoms with van der Waals surface area (Å²) in [5.74, 6) is -0.626. The highest BCUT2D eigenvalue weighted by Gasteiger charge is 2.34. The molecular weight excluding hydrogens is 403 g/mol. The Bertz CT molecular complexity index is 1110. The largest absolute Gasteiger partial charge is 0.243 e. The molecule has 0 spiro atoms. The predicted molar refractivity (Wildman–Crippen MR) is 102 cm³/mol. The van der Waals surface area contributed by atoms with Gasteiger partial charge < -0.3 is 0 Å². The minimum absolute atomic E-state index is 0.0308. The number of hydrogen-bond acceptors (Lipinski definition) is 4. The maximum atomic E-state index is 13.4. The number of aryl methyl sites for hydroxylation is 2. The van der Waals surface area contributed by atoms with Crippen LogP contribution in [-0.2, 0) is 32.9 Å².